The van der Waals surface area contributed by atoms with E-state index in [-0.39, 0.29) is 6.61 Å². The molecule has 56 valence electrons. The van der Waals surface area contributed by atoms with Gasteiger partial charge in [0.25, 0.3) is 0 Å². The molecule has 0 aromatic carbocycles. The molecule has 0 bridgehead atoms. The van der Waals surface area contributed by atoms with Crippen molar-refractivity contribution in [3.8, 4) is 0 Å². The molecular weight excluding hydrogens is 264 g/mol. The van der Waals surface area contributed by atoms with Gasteiger partial charge < -0.3 is 5.11 Å². The van der Waals surface area contributed by atoms with E-state index >= 15 is 0 Å². The van der Waals surface area contributed by atoms with Crippen LogP contribution in [0.4, 0.5) is 0 Å². The average molecular weight is 270 g/mol. The number of aromatic nitrogens is 2. The van der Waals surface area contributed by atoms with Crippen LogP contribution >= 0.6 is 31.9 Å². The van der Waals surface area contributed by atoms with Gasteiger partial charge in [0, 0.05) is 6.20 Å². The van der Waals surface area contributed by atoms with E-state index in [0.717, 1.165) is 9.08 Å². The molecule has 1 rings (SSSR count). The van der Waals surface area contributed by atoms with Crippen molar-refractivity contribution >= 4 is 31.9 Å². The minimum atomic E-state index is 0.112. The largest absolute Gasteiger partial charge is 0.394 e. The Bertz CT molecular complexity index is 204. The number of halogens is 2. The predicted octanol–water partition coefficient (Wildman–Crippen LogP) is 1.40. The highest BCUT2D eigenvalue weighted by molar-refractivity contribution is 9.13. The molecular formula is C5H6Br2N2O. The van der Waals surface area contributed by atoms with Gasteiger partial charge in [0.15, 0.2) is 0 Å². The third-order valence-corrected chi connectivity index (χ3v) is 2.70. The van der Waals surface area contributed by atoms with E-state index in [0.29, 0.717) is 6.54 Å². The van der Waals surface area contributed by atoms with Crippen LogP contribution < -0.4 is 0 Å². The van der Waals surface area contributed by atoms with Crippen LogP contribution in [0.15, 0.2) is 15.3 Å². The van der Waals surface area contributed by atoms with E-state index in [9.17, 15) is 0 Å². The quantitative estimate of drug-likeness (QED) is 0.882. The van der Waals surface area contributed by atoms with E-state index in [1.807, 2.05) is 0 Å². The summed E-state index contributed by atoms with van der Waals surface area (Å²) in [5.74, 6) is 0. The molecule has 0 fully saturated rings. The molecule has 0 saturated heterocycles. The minimum absolute atomic E-state index is 0.112. The van der Waals surface area contributed by atoms with Crippen molar-refractivity contribution in [1.82, 2.24) is 9.78 Å². The SMILES string of the molecule is OCCn1cc(Br)c(Br)n1. The standard InChI is InChI=1S/C5H6Br2N2O/c6-4-3-9(1-2-10)8-5(4)7/h3,10H,1-2H2. The maximum absolute atomic E-state index is 8.53. The normalized spacial score (nSPS) is 10.3. The lowest BCUT2D eigenvalue weighted by molar-refractivity contribution is 0.269. The van der Waals surface area contributed by atoms with Gasteiger partial charge in [-0.3, -0.25) is 4.68 Å². The molecule has 1 heterocycles. The first-order chi connectivity index (χ1) is 4.74. The van der Waals surface area contributed by atoms with E-state index in [2.05, 4.69) is 37.0 Å². The first-order valence-corrected chi connectivity index (χ1v) is 4.32. The fourth-order valence-electron chi connectivity index (χ4n) is 0.591. The molecule has 1 aromatic rings. The summed E-state index contributed by atoms with van der Waals surface area (Å²) >= 11 is 6.50. The van der Waals surface area contributed by atoms with Crippen LogP contribution in [0.2, 0.25) is 0 Å². The van der Waals surface area contributed by atoms with E-state index in [1.165, 1.54) is 0 Å². The average Bonchev–Trinajstić information content (AvgIpc) is 2.14. The Labute approximate surface area is 75.3 Å². The number of rotatable bonds is 2. The molecule has 0 amide bonds. The van der Waals surface area contributed by atoms with E-state index in [1.54, 1.807) is 10.9 Å². The van der Waals surface area contributed by atoms with Gasteiger partial charge in [-0.1, -0.05) is 0 Å². The number of aliphatic hydroxyl groups is 1. The lowest BCUT2D eigenvalue weighted by Crippen LogP contribution is -2.01. The van der Waals surface area contributed by atoms with Gasteiger partial charge in [0.2, 0.25) is 0 Å². The van der Waals surface area contributed by atoms with Gasteiger partial charge >= 0.3 is 0 Å². The smallest absolute Gasteiger partial charge is 0.142 e. The Morgan fingerprint density at radius 3 is 2.70 bits per heavy atom. The summed E-state index contributed by atoms with van der Waals surface area (Å²) in [6.45, 7) is 0.644. The fraction of sp³-hybridized carbons (Fsp3) is 0.400. The summed E-state index contributed by atoms with van der Waals surface area (Å²) < 4.78 is 3.33. The van der Waals surface area contributed by atoms with Crippen LogP contribution in [0.1, 0.15) is 0 Å². The van der Waals surface area contributed by atoms with Crippen LogP contribution in [-0.2, 0) is 6.54 Å². The summed E-state index contributed by atoms with van der Waals surface area (Å²) in [6.07, 6.45) is 1.81. The second kappa shape index (κ2) is 3.50. The van der Waals surface area contributed by atoms with Gasteiger partial charge in [-0.15, -0.1) is 0 Å². The Morgan fingerprint density at radius 2 is 2.30 bits per heavy atom. The highest BCUT2D eigenvalue weighted by Gasteiger charge is 2.00. The zero-order valence-corrected chi connectivity index (χ0v) is 8.26. The summed E-state index contributed by atoms with van der Waals surface area (Å²) in [5.41, 5.74) is 0. The summed E-state index contributed by atoms with van der Waals surface area (Å²) in [4.78, 5) is 0. The predicted molar refractivity (Wildman–Crippen MR) is 44.7 cm³/mol. The second-order valence-electron chi connectivity index (χ2n) is 1.75. The topological polar surface area (TPSA) is 38.0 Å². The highest BCUT2D eigenvalue weighted by Crippen LogP contribution is 2.19. The van der Waals surface area contributed by atoms with Crippen molar-refractivity contribution in [3.63, 3.8) is 0 Å². The molecule has 3 nitrogen and oxygen atoms in total. The Morgan fingerprint density at radius 1 is 1.60 bits per heavy atom. The Balaban J connectivity index is 2.77. The van der Waals surface area contributed by atoms with Crippen LogP contribution in [0.3, 0.4) is 0 Å². The van der Waals surface area contributed by atoms with Crippen molar-refractivity contribution in [1.29, 1.82) is 0 Å². The molecule has 0 unspecified atom stereocenters. The molecule has 1 N–H and O–H groups in total. The van der Waals surface area contributed by atoms with Crippen molar-refractivity contribution in [2.75, 3.05) is 6.61 Å². The number of hydrogen-bond donors (Lipinski definition) is 1. The molecule has 0 aliphatic carbocycles. The maximum atomic E-state index is 8.53. The molecule has 0 aliphatic heterocycles. The zero-order valence-electron chi connectivity index (χ0n) is 5.09. The molecule has 0 aliphatic rings. The Hall–Kier alpha value is 0.130. The van der Waals surface area contributed by atoms with Crippen LogP contribution in [0, 0.1) is 0 Å². The minimum Gasteiger partial charge on any atom is -0.394 e. The summed E-state index contributed by atoms with van der Waals surface area (Å²) in [5, 5.41) is 12.6. The van der Waals surface area contributed by atoms with Crippen molar-refractivity contribution in [2.45, 2.75) is 6.54 Å². The van der Waals surface area contributed by atoms with Crippen LogP contribution in [0.5, 0.6) is 0 Å². The van der Waals surface area contributed by atoms with E-state index in [4.69, 9.17) is 5.11 Å². The van der Waals surface area contributed by atoms with Crippen molar-refractivity contribution in [3.05, 3.63) is 15.3 Å². The van der Waals surface area contributed by atoms with Gasteiger partial charge in [-0.05, 0) is 31.9 Å². The van der Waals surface area contributed by atoms with Gasteiger partial charge in [0.1, 0.15) is 4.60 Å². The lowest BCUT2D eigenvalue weighted by atomic mass is 10.7. The zero-order chi connectivity index (χ0) is 7.56. The lowest BCUT2D eigenvalue weighted by Gasteiger charge is -1.92. The first kappa shape index (κ1) is 8.23. The van der Waals surface area contributed by atoms with Crippen LogP contribution in [0.25, 0.3) is 0 Å². The van der Waals surface area contributed by atoms with Gasteiger partial charge in [-0.25, -0.2) is 0 Å². The molecule has 5 heteroatoms. The first-order valence-electron chi connectivity index (χ1n) is 2.73. The van der Waals surface area contributed by atoms with Crippen LogP contribution in [-0.4, -0.2) is 21.5 Å². The number of hydrogen-bond acceptors (Lipinski definition) is 2. The second-order valence-corrected chi connectivity index (χ2v) is 3.36. The molecule has 0 radical (unpaired) electrons. The third kappa shape index (κ3) is 1.81. The summed E-state index contributed by atoms with van der Waals surface area (Å²) in [6, 6.07) is 0. The number of aliphatic hydroxyl groups excluding tert-OH is 1. The number of nitrogens with zero attached hydrogens (tertiary/aromatic N) is 2. The van der Waals surface area contributed by atoms with E-state index < -0.39 is 0 Å². The molecule has 1 aromatic heterocycles. The monoisotopic (exact) mass is 268 g/mol. The Kier molecular flexibility index (Phi) is 2.88. The third-order valence-electron chi connectivity index (χ3n) is 1.00. The van der Waals surface area contributed by atoms with Gasteiger partial charge in [0.05, 0.1) is 17.6 Å². The maximum Gasteiger partial charge on any atom is 0.142 e. The molecule has 0 saturated carbocycles. The molecule has 10 heavy (non-hydrogen) atoms. The highest BCUT2D eigenvalue weighted by atomic mass is 79.9. The van der Waals surface area contributed by atoms with Gasteiger partial charge in [-0.2, -0.15) is 5.10 Å². The summed E-state index contributed by atoms with van der Waals surface area (Å²) in [7, 11) is 0. The molecule has 0 spiro atoms. The van der Waals surface area contributed by atoms with Crippen molar-refractivity contribution in [2.24, 2.45) is 0 Å². The molecule has 0 atom stereocenters. The van der Waals surface area contributed by atoms with Crippen molar-refractivity contribution < 1.29 is 5.11 Å². The fourth-order valence-corrected chi connectivity index (χ4v) is 1.21.